The second-order valence-electron chi connectivity index (χ2n) is 6.14. The summed E-state index contributed by atoms with van der Waals surface area (Å²) in [6.07, 6.45) is 6.06. The number of rotatable bonds is 5. The van der Waals surface area contributed by atoms with Crippen LogP contribution in [0.3, 0.4) is 0 Å². The number of fused-ring (bicyclic) bond motifs is 3. The summed E-state index contributed by atoms with van der Waals surface area (Å²) in [5.74, 6) is 1.07. The predicted molar refractivity (Wildman–Crippen MR) is 111 cm³/mol. The molecule has 1 amide bonds. The lowest BCUT2D eigenvalue weighted by Crippen LogP contribution is -2.32. The number of esters is 1. The van der Waals surface area contributed by atoms with E-state index < -0.39 is 5.97 Å². The highest BCUT2D eigenvalue weighted by molar-refractivity contribution is 8.03. The highest BCUT2D eigenvalue weighted by atomic mass is 32.2. The molecule has 3 aliphatic heterocycles. The first kappa shape index (κ1) is 20.6. The van der Waals surface area contributed by atoms with Crippen LogP contribution in [0.15, 0.2) is 71.3 Å². The second kappa shape index (κ2) is 9.38. The molecule has 1 aromatic rings. The van der Waals surface area contributed by atoms with Crippen LogP contribution in [-0.2, 0) is 23.8 Å². The van der Waals surface area contributed by atoms with Crippen LogP contribution in [0.1, 0.15) is 5.56 Å². The Balaban J connectivity index is 0.000000755. The number of nitrogens with two attached hydrogens (primary N) is 1. The molecular formula is C21H22N2O5S. The normalized spacial score (nSPS) is 21.2. The van der Waals surface area contributed by atoms with Crippen LogP contribution >= 0.6 is 11.8 Å². The summed E-state index contributed by atoms with van der Waals surface area (Å²) >= 11 is 1.75. The third-order valence-corrected chi connectivity index (χ3v) is 5.78. The van der Waals surface area contributed by atoms with E-state index in [1.807, 2.05) is 36.6 Å². The Kier molecular flexibility index (Phi) is 6.66. The molecule has 2 N–H and O–H groups in total. The quantitative estimate of drug-likeness (QED) is 0.584. The molecule has 3 aliphatic rings. The van der Waals surface area contributed by atoms with Crippen molar-refractivity contribution in [3.8, 4) is 0 Å². The number of amides is 1. The number of carbonyl (C=O) groups excluding carboxylic acids is 2. The Morgan fingerprint density at radius 1 is 1.28 bits per heavy atom. The first-order valence-electron chi connectivity index (χ1n) is 8.87. The molecule has 0 aromatic heterocycles. The fraction of sp³-hybridized carbons (Fsp3) is 0.238. The number of carbonyl (C=O) groups is 2. The Morgan fingerprint density at radius 3 is 2.66 bits per heavy atom. The molecule has 7 nitrogen and oxygen atoms in total. The SMILES string of the molecule is COC(=O)COC1=CC=CN2C1=C(OC)C1SC=C(c3ccccc3)C12.NC=O. The number of allylic oxidation sites excluding steroid dienone is 2. The molecule has 8 heteroatoms. The Labute approximate surface area is 173 Å². The molecule has 152 valence electrons. The second-order valence-corrected chi connectivity index (χ2v) is 7.15. The first-order valence-corrected chi connectivity index (χ1v) is 9.81. The van der Waals surface area contributed by atoms with Crippen LogP contribution in [0, 0.1) is 0 Å². The van der Waals surface area contributed by atoms with Gasteiger partial charge < -0.3 is 24.8 Å². The summed E-state index contributed by atoms with van der Waals surface area (Å²) in [5, 5.41) is 2.36. The molecule has 3 heterocycles. The van der Waals surface area contributed by atoms with Crippen molar-refractivity contribution in [2.75, 3.05) is 20.8 Å². The Morgan fingerprint density at radius 2 is 2.00 bits per heavy atom. The van der Waals surface area contributed by atoms with Crippen molar-refractivity contribution in [2.45, 2.75) is 11.3 Å². The van der Waals surface area contributed by atoms with Gasteiger partial charge in [0.15, 0.2) is 6.61 Å². The topological polar surface area (TPSA) is 91.1 Å². The van der Waals surface area contributed by atoms with Crippen LogP contribution in [0.25, 0.3) is 5.57 Å². The van der Waals surface area contributed by atoms with E-state index in [0.29, 0.717) is 5.76 Å². The first-order chi connectivity index (χ1) is 14.2. The largest absolute Gasteiger partial charge is 0.497 e. The third kappa shape index (κ3) is 4.02. The number of benzene rings is 1. The van der Waals surface area contributed by atoms with Gasteiger partial charge in [0.1, 0.15) is 17.2 Å². The lowest BCUT2D eigenvalue weighted by atomic mass is 9.98. The lowest BCUT2D eigenvalue weighted by Gasteiger charge is -2.29. The van der Waals surface area contributed by atoms with Crippen molar-refractivity contribution in [1.82, 2.24) is 4.90 Å². The molecular weight excluding hydrogens is 392 g/mol. The number of nitrogens with zero attached hydrogens (tertiary/aromatic N) is 1. The van der Waals surface area contributed by atoms with Gasteiger partial charge in [0.25, 0.3) is 0 Å². The van der Waals surface area contributed by atoms with Gasteiger partial charge in [-0.1, -0.05) is 30.3 Å². The molecule has 29 heavy (non-hydrogen) atoms. The van der Waals surface area contributed by atoms with Crippen molar-refractivity contribution in [3.05, 3.63) is 76.9 Å². The fourth-order valence-corrected chi connectivity index (χ4v) is 4.79. The number of hydrogen-bond donors (Lipinski definition) is 1. The number of primary amides is 1. The Bertz CT molecular complexity index is 892. The molecule has 0 spiro atoms. The van der Waals surface area contributed by atoms with Crippen molar-refractivity contribution in [3.63, 3.8) is 0 Å². The number of methoxy groups -OCH3 is 2. The summed E-state index contributed by atoms with van der Waals surface area (Å²) in [4.78, 5) is 22.2. The molecule has 0 radical (unpaired) electrons. The van der Waals surface area contributed by atoms with Crippen molar-refractivity contribution >= 4 is 29.7 Å². The summed E-state index contributed by atoms with van der Waals surface area (Å²) < 4.78 is 16.1. The van der Waals surface area contributed by atoms with E-state index in [0.717, 1.165) is 11.5 Å². The van der Waals surface area contributed by atoms with Gasteiger partial charge in [-0.05, 0) is 28.7 Å². The van der Waals surface area contributed by atoms with E-state index >= 15 is 0 Å². The maximum Gasteiger partial charge on any atom is 0.343 e. The minimum absolute atomic E-state index is 0.131. The summed E-state index contributed by atoms with van der Waals surface area (Å²) in [6, 6.07) is 10.5. The molecule has 0 fully saturated rings. The highest BCUT2D eigenvalue weighted by Crippen LogP contribution is 2.51. The van der Waals surface area contributed by atoms with Gasteiger partial charge in [0.05, 0.1) is 25.5 Å². The number of hydrogen-bond acceptors (Lipinski definition) is 7. The van der Waals surface area contributed by atoms with Crippen LogP contribution < -0.4 is 5.73 Å². The molecule has 1 aromatic carbocycles. The van der Waals surface area contributed by atoms with Crippen LogP contribution in [0.2, 0.25) is 0 Å². The average molecular weight is 414 g/mol. The summed E-state index contributed by atoms with van der Waals surface area (Å²) in [5.41, 5.74) is 7.50. The molecule has 2 unspecified atom stereocenters. The van der Waals surface area contributed by atoms with Crippen LogP contribution in [-0.4, -0.2) is 49.4 Å². The van der Waals surface area contributed by atoms with E-state index in [9.17, 15) is 4.79 Å². The van der Waals surface area contributed by atoms with Gasteiger partial charge in [0.2, 0.25) is 6.41 Å². The van der Waals surface area contributed by atoms with Crippen LogP contribution in [0.4, 0.5) is 0 Å². The standard InChI is InChI=1S/C20H19NO4S.CH3NO/c1-23-16(22)11-25-15-9-6-10-21-17-14(13-7-4-3-5-8-13)12-26-20(17)19(24-2)18(15)21;2-1-3/h3-10,12,17,20H,11H2,1-2H3;1H,(H2,2,3). The molecule has 2 atom stereocenters. The van der Waals surface area contributed by atoms with Gasteiger partial charge in [-0.15, -0.1) is 11.8 Å². The maximum atomic E-state index is 11.5. The molecule has 0 bridgehead atoms. The molecule has 0 saturated heterocycles. The zero-order chi connectivity index (χ0) is 20.8. The molecule has 0 aliphatic carbocycles. The number of ether oxygens (including phenoxy) is 3. The summed E-state index contributed by atoms with van der Waals surface area (Å²) in [6.45, 7) is -0.131. The van der Waals surface area contributed by atoms with Gasteiger partial charge in [-0.25, -0.2) is 4.79 Å². The zero-order valence-corrected chi connectivity index (χ0v) is 16.9. The van der Waals surface area contributed by atoms with E-state index in [-0.39, 0.29) is 24.3 Å². The fourth-order valence-electron chi connectivity index (χ4n) is 3.47. The molecule has 0 saturated carbocycles. The van der Waals surface area contributed by atoms with Gasteiger partial charge in [0, 0.05) is 6.20 Å². The smallest absolute Gasteiger partial charge is 0.343 e. The van der Waals surface area contributed by atoms with Gasteiger partial charge in [-0.2, -0.15) is 0 Å². The van der Waals surface area contributed by atoms with E-state index in [2.05, 4.69) is 32.9 Å². The molecule has 4 rings (SSSR count). The Hall–Kier alpha value is -3.13. The van der Waals surface area contributed by atoms with Crippen molar-refractivity contribution in [1.29, 1.82) is 0 Å². The minimum Gasteiger partial charge on any atom is -0.497 e. The van der Waals surface area contributed by atoms with E-state index in [1.54, 1.807) is 18.9 Å². The third-order valence-electron chi connectivity index (χ3n) is 4.62. The average Bonchev–Trinajstić information content (AvgIpc) is 3.31. The lowest BCUT2D eigenvalue weighted by molar-refractivity contribution is -0.144. The number of thioether (sulfide) groups is 1. The maximum absolute atomic E-state index is 11.5. The van der Waals surface area contributed by atoms with Gasteiger partial charge >= 0.3 is 5.97 Å². The van der Waals surface area contributed by atoms with E-state index in [4.69, 9.17) is 14.3 Å². The van der Waals surface area contributed by atoms with E-state index in [1.165, 1.54) is 18.2 Å². The van der Waals surface area contributed by atoms with Gasteiger partial charge in [-0.3, -0.25) is 4.79 Å². The monoisotopic (exact) mass is 414 g/mol. The van der Waals surface area contributed by atoms with Crippen LogP contribution in [0.5, 0.6) is 0 Å². The summed E-state index contributed by atoms with van der Waals surface area (Å²) in [7, 11) is 3.03. The highest BCUT2D eigenvalue weighted by Gasteiger charge is 2.48. The zero-order valence-electron chi connectivity index (χ0n) is 16.1. The van der Waals surface area contributed by atoms with Crippen molar-refractivity contribution in [2.24, 2.45) is 5.73 Å². The van der Waals surface area contributed by atoms with Crippen molar-refractivity contribution < 1.29 is 23.8 Å². The minimum atomic E-state index is -0.413. The predicted octanol–water partition coefficient (Wildman–Crippen LogP) is 2.39.